The van der Waals surface area contributed by atoms with Crippen LogP contribution >= 0.6 is 0 Å². The third-order valence-electron chi connectivity index (χ3n) is 3.32. The van der Waals surface area contributed by atoms with Crippen LogP contribution in [0.5, 0.6) is 0 Å². The smallest absolute Gasteiger partial charge is 0.0148 e. The monoisotopic (exact) mass is 232 g/mol. The Kier molecular flexibility index (Phi) is 3.10. The van der Waals surface area contributed by atoms with Gasteiger partial charge in [0.15, 0.2) is 0 Å². The zero-order chi connectivity index (χ0) is 12.2. The lowest BCUT2D eigenvalue weighted by atomic mass is 9.88. The minimum atomic E-state index is 1.14. The van der Waals surface area contributed by atoms with E-state index in [1.807, 2.05) is 0 Å². The molecular weight excluding hydrogens is 216 g/mol. The van der Waals surface area contributed by atoms with E-state index >= 15 is 0 Å². The Hall–Kier alpha value is -2.08. The average molecular weight is 232 g/mol. The number of benzene rings is 2. The van der Waals surface area contributed by atoms with Crippen molar-refractivity contribution in [3.63, 3.8) is 0 Å². The van der Waals surface area contributed by atoms with Crippen LogP contribution in [0.25, 0.3) is 11.1 Å². The molecule has 0 N–H and O–H groups in total. The van der Waals surface area contributed by atoms with Crippen molar-refractivity contribution in [2.75, 3.05) is 0 Å². The van der Waals surface area contributed by atoms with E-state index in [9.17, 15) is 0 Å². The molecule has 0 bridgehead atoms. The highest BCUT2D eigenvalue weighted by Gasteiger charge is 2.12. The molecule has 1 aliphatic carbocycles. The maximum Gasteiger partial charge on any atom is -0.0148 e. The Labute approximate surface area is 108 Å². The first-order valence-electron chi connectivity index (χ1n) is 6.47. The highest BCUT2D eigenvalue weighted by atomic mass is 14.2. The molecule has 1 aliphatic rings. The topological polar surface area (TPSA) is 0 Å². The van der Waals surface area contributed by atoms with E-state index in [4.69, 9.17) is 0 Å². The molecule has 2 aromatic carbocycles. The van der Waals surface area contributed by atoms with Gasteiger partial charge in [-0.15, -0.1) is 0 Å². The van der Waals surface area contributed by atoms with Crippen LogP contribution in [0, 0.1) is 0 Å². The molecule has 0 saturated carbocycles. The third-order valence-corrected chi connectivity index (χ3v) is 3.32. The first-order chi connectivity index (χ1) is 8.95. The summed E-state index contributed by atoms with van der Waals surface area (Å²) in [5.74, 6) is 0. The molecule has 0 amide bonds. The van der Waals surface area contributed by atoms with Gasteiger partial charge in [0.1, 0.15) is 0 Å². The van der Waals surface area contributed by atoms with Crippen LogP contribution in [0.1, 0.15) is 24.0 Å². The predicted octanol–water partition coefficient (Wildman–Crippen LogP) is 4.95. The van der Waals surface area contributed by atoms with Gasteiger partial charge in [-0.25, -0.2) is 0 Å². The van der Waals surface area contributed by atoms with Gasteiger partial charge in [-0.1, -0.05) is 72.8 Å². The number of hydrogen-bond acceptors (Lipinski definition) is 0. The van der Waals surface area contributed by atoms with Gasteiger partial charge in [-0.2, -0.15) is 0 Å². The first-order valence-corrected chi connectivity index (χ1v) is 6.47. The van der Waals surface area contributed by atoms with Crippen LogP contribution in [0.2, 0.25) is 0 Å². The third kappa shape index (κ3) is 2.14. The largest absolute Gasteiger partial charge is 0.0757 e. The second-order valence-corrected chi connectivity index (χ2v) is 4.54. The van der Waals surface area contributed by atoms with Crippen molar-refractivity contribution in [3.8, 4) is 0 Å². The normalized spacial score (nSPS) is 14.9. The molecule has 0 heterocycles. The summed E-state index contributed by atoms with van der Waals surface area (Å²) in [6.45, 7) is 0. The van der Waals surface area contributed by atoms with Gasteiger partial charge in [0.25, 0.3) is 0 Å². The Morgan fingerprint density at radius 3 is 1.28 bits per heavy atom. The Bertz CT molecular complexity index is 518. The van der Waals surface area contributed by atoms with E-state index < -0.39 is 0 Å². The molecule has 0 spiro atoms. The van der Waals surface area contributed by atoms with Crippen molar-refractivity contribution in [1.29, 1.82) is 0 Å². The van der Waals surface area contributed by atoms with E-state index in [-0.39, 0.29) is 0 Å². The maximum atomic E-state index is 2.36. The molecule has 2 aromatic rings. The maximum absolute atomic E-state index is 2.36. The van der Waals surface area contributed by atoms with Gasteiger partial charge in [0.05, 0.1) is 0 Å². The van der Waals surface area contributed by atoms with Crippen LogP contribution in [0.3, 0.4) is 0 Å². The fraction of sp³-hybridized carbons (Fsp3) is 0.111. The van der Waals surface area contributed by atoms with E-state index in [1.54, 1.807) is 0 Å². The van der Waals surface area contributed by atoms with Crippen molar-refractivity contribution < 1.29 is 0 Å². The quantitative estimate of drug-likeness (QED) is 0.687. The highest BCUT2D eigenvalue weighted by Crippen LogP contribution is 2.34. The van der Waals surface area contributed by atoms with Gasteiger partial charge in [-0.3, -0.25) is 0 Å². The summed E-state index contributed by atoms with van der Waals surface area (Å²) >= 11 is 0. The summed E-state index contributed by atoms with van der Waals surface area (Å²) in [6.07, 6.45) is 7.00. The summed E-state index contributed by atoms with van der Waals surface area (Å²) in [5, 5.41) is 0. The number of rotatable bonds is 2. The fourth-order valence-electron chi connectivity index (χ4n) is 2.46. The molecule has 0 nitrogen and oxygen atoms in total. The number of hydrogen-bond donors (Lipinski definition) is 0. The Morgan fingerprint density at radius 1 is 0.500 bits per heavy atom. The van der Waals surface area contributed by atoms with Crippen molar-refractivity contribution in [3.05, 3.63) is 83.9 Å². The zero-order valence-corrected chi connectivity index (χ0v) is 10.3. The van der Waals surface area contributed by atoms with E-state index in [0.29, 0.717) is 0 Å². The molecule has 0 fully saturated rings. The summed E-state index contributed by atoms with van der Waals surface area (Å²) in [5.41, 5.74) is 5.36. The lowest BCUT2D eigenvalue weighted by molar-refractivity contribution is 1.04. The molecule has 0 saturated heterocycles. The molecule has 0 heteroatoms. The van der Waals surface area contributed by atoms with E-state index in [1.165, 1.54) is 22.3 Å². The van der Waals surface area contributed by atoms with Crippen molar-refractivity contribution in [2.24, 2.45) is 0 Å². The first kappa shape index (κ1) is 11.0. The molecule has 0 atom stereocenters. The van der Waals surface area contributed by atoms with E-state index in [2.05, 4.69) is 72.8 Å². The van der Waals surface area contributed by atoms with Gasteiger partial charge in [0.2, 0.25) is 0 Å². The molecule has 0 aliphatic heterocycles. The van der Waals surface area contributed by atoms with Gasteiger partial charge in [0, 0.05) is 0 Å². The number of allylic oxidation sites excluding steroid dienone is 4. The Morgan fingerprint density at radius 2 is 0.889 bits per heavy atom. The Balaban J connectivity index is 2.04. The van der Waals surface area contributed by atoms with Crippen LogP contribution in [0.4, 0.5) is 0 Å². The molecule has 0 aromatic heterocycles. The predicted molar refractivity (Wildman–Crippen MR) is 78.1 cm³/mol. The minimum absolute atomic E-state index is 1.14. The lowest BCUT2D eigenvalue weighted by Gasteiger charge is -2.17. The van der Waals surface area contributed by atoms with Crippen molar-refractivity contribution >= 4 is 11.1 Å². The van der Waals surface area contributed by atoms with Crippen LogP contribution in [0.15, 0.2) is 72.8 Å². The second-order valence-electron chi connectivity index (χ2n) is 4.54. The SMILES string of the molecule is C1=C(c2ccccc2)C(c2ccccc2)=CCC1. The van der Waals surface area contributed by atoms with E-state index in [0.717, 1.165) is 12.8 Å². The molecule has 88 valence electrons. The highest BCUT2D eigenvalue weighted by molar-refractivity contribution is 6.05. The fourth-order valence-corrected chi connectivity index (χ4v) is 2.46. The van der Waals surface area contributed by atoms with Crippen LogP contribution in [-0.4, -0.2) is 0 Å². The van der Waals surface area contributed by atoms with Gasteiger partial charge in [-0.05, 0) is 35.1 Å². The van der Waals surface area contributed by atoms with Crippen molar-refractivity contribution in [1.82, 2.24) is 0 Å². The minimum Gasteiger partial charge on any atom is -0.0757 e. The van der Waals surface area contributed by atoms with Gasteiger partial charge < -0.3 is 0 Å². The molecule has 3 rings (SSSR count). The van der Waals surface area contributed by atoms with Gasteiger partial charge >= 0.3 is 0 Å². The zero-order valence-electron chi connectivity index (χ0n) is 10.3. The summed E-state index contributed by atoms with van der Waals surface area (Å²) in [7, 11) is 0. The van der Waals surface area contributed by atoms with Crippen LogP contribution < -0.4 is 0 Å². The van der Waals surface area contributed by atoms with Crippen LogP contribution in [-0.2, 0) is 0 Å². The summed E-state index contributed by atoms with van der Waals surface area (Å²) in [6, 6.07) is 21.3. The second kappa shape index (κ2) is 5.05. The molecular formula is C18H16. The molecule has 0 radical (unpaired) electrons. The summed E-state index contributed by atoms with van der Waals surface area (Å²) < 4.78 is 0. The summed E-state index contributed by atoms with van der Waals surface area (Å²) in [4.78, 5) is 0. The van der Waals surface area contributed by atoms with Crippen molar-refractivity contribution in [2.45, 2.75) is 12.8 Å². The standard InChI is InChI=1S/C18H16/c1-3-9-15(10-4-1)17-13-7-8-14-18(17)16-11-5-2-6-12-16/h1-6,9-14H,7-8H2. The molecule has 0 unspecified atom stereocenters. The average Bonchev–Trinajstić information content (AvgIpc) is 2.49. The lowest BCUT2D eigenvalue weighted by Crippen LogP contribution is -1.94. The molecule has 18 heavy (non-hydrogen) atoms.